The van der Waals surface area contributed by atoms with Crippen LogP contribution in [0.5, 0.6) is 0 Å². The van der Waals surface area contributed by atoms with Gasteiger partial charge < -0.3 is 5.32 Å². The van der Waals surface area contributed by atoms with Gasteiger partial charge in [-0.3, -0.25) is 14.9 Å². The van der Waals surface area contributed by atoms with E-state index in [4.69, 9.17) is 0 Å². The number of carbonyl (C=O) groups excluding carboxylic acids is 1. The van der Waals surface area contributed by atoms with Gasteiger partial charge in [0.1, 0.15) is 0 Å². The maximum absolute atomic E-state index is 11.6. The minimum Gasteiger partial charge on any atom is -0.352 e. The molecule has 1 aromatic heterocycles. The molecule has 0 aliphatic heterocycles. The highest BCUT2D eigenvalue weighted by Gasteiger charge is 2.02. The SMILES string of the molecule is O=C(/C=C/c1ccc([N+](=O)[O-])cc1)NCCc1cccs1. The lowest BCUT2D eigenvalue weighted by Gasteiger charge is -2.00. The molecule has 21 heavy (non-hydrogen) atoms. The first-order valence-corrected chi connectivity index (χ1v) is 7.26. The lowest BCUT2D eigenvalue weighted by molar-refractivity contribution is -0.384. The minimum absolute atomic E-state index is 0.0348. The van der Waals surface area contributed by atoms with Crippen LogP contribution in [-0.4, -0.2) is 17.4 Å². The van der Waals surface area contributed by atoms with Crippen molar-refractivity contribution in [2.45, 2.75) is 6.42 Å². The van der Waals surface area contributed by atoms with E-state index in [2.05, 4.69) is 5.32 Å². The van der Waals surface area contributed by atoms with Crippen LogP contribution in [0.2, 0.25) is 0 Å². The highest BCUT2D eigenvalue weighted by Crippen LogP contribution is 2.12. The third-order valence-corrected chi connectivity index (χ3v) is 3.72. The number of hydrogen-bond acceptors (Lipinski definition) is 4. The van der Waals surface area contributed by atoms with Crippen molar-refractivity contribution in [1.82, 2.24) is 5.32 Å². The minimum atomic E-state index is -0.454. The summed E-state index contributed by atoms with van der Waals surface area (Å²) in [5.74, 6) is -0.176. The summed E-state index contributed by atoms with van der Waals surface area (Å²) in [6.45, 7) is 0.587. The number of amides is 1. The van der Waals surface area contributed by atoms with Gasteiger partial charge in [-0.1, -0.05) is 6.07 Å². The first-order valence-electron chi connectivity index (χ1n) is 6.38. The summed E-state index contributed by atoms with van der Waals surface area (Å²) in [7, 11) is 0. The lowest BCUT2D eigenvalue weighted by Crippen LogP contribution is -2.23. The molecule has 6 heteroatoms. The largest absolute Gasteiger partial charge is 0.352 e. The highest BCUT2D eigenvalue weighted by atomic mass is 32.1. The molecule has 0 spiro atoms. The topological polar surface area (TPSA) is 72.2 Å². The molecule has 1 heterocycles. The van der Waals surface area contributed by atoms with Crippen molar-refractivity contribution in [3.63, 3.8) is 0 Å². The molecule has 0 fully saturated rings. The van der Waals surface area contributed by atoms with Crippen LogP contribution in [0.4, 0.5) is 5.69 Å². The third kappa shape index (κ3) is 4.85. The molecule has 5 nitrogen and oxygen atoms in total. The van der Waals surface area contributed by atoms with Gasteiger partial charge in [0.15, 0.2) is 0 Å². The number of nitrogens with one attached hydrogen (secondary N) is 1. The highest BCUT2D eigenvalue weighted by molar-refractivity contribution is 7.09. The number of non-ortho nitro benzene ring substituents is 1. The van der Waals surface area contributed by atoms with Crippen LogP contribution in [0.25, 0.3) is 6.08 Å². The second-order valence-electron chi connectivity index (χ2n) is 4.30. The van der Waals surface area contributed by atoms with Gasteiger partial charge in [0.2, 0.25) is 5.91 Å². The van der Waals surface area contributed by atoms with Gasteiger partial charge in [-0.05, 0) is 41.6 Å². The summed E-state index contributed by atoms with van der Waals surface area (Å²) < 4.78 is 0. The Morgan fingerprint density at radius 2 is 2.05 bits per heavy atom. The Morgan fingerprint density at radius 1 is 1.29 bits per heavy atom. The number of hydrogen-bond donors (Lipinski definition) is 1. The molecule has 0 bridgehead atoms. The molecule has 0 atom stereocenters. The van der Waals surface area contributed by atoms with E-state index in [0.29, 0.717) is 6.54 Å². The average molecular weight is 302 g/mol. The first-order chi connectivity index (χ1) is 10.1. The van der Waals surface area contributed by atoms with E-state index in [9.17, 15) is 14.9 Å². The van der Waals surface area contributed by atoms with Gasteiger partial charge in [0.25, 0.3) is 5.69 Å². The summed E-state index contributed by atoms with van der Waals surface area (Å²) in [6, 6.07) is 10.0. The van der Waals surface area contributed by atoms with Crippen molar-refractivity contribution in [2.75, 3.05) is 6.54 Å². The summed E-state index contributed by atoms with van der Waals surface area (Å²) in [5, 5.41) is 15.3. The van der Waals surface area contributed by atoms with E-state index >= 15 is 0 Å². The van der Waals surface area contributed by atoms with Crippen molar-refractivity contribution < 1.29 is 9.72 Å². The Hall–Kier alpha value is -2.47. The fourth-order valence-electron chi connectivity index (χ4n) is 1.70. The van der Waals surface area contributed by atoms with E-state index in [-0.39, 0.29) is 11.6 Å². The van der Waals surface area contributed by atoms with Crippen LogP contribution >= 0.6 is 11.3 Å². The van der Waals surface area contributed by atoms with Gasteiger partial charge in [0, 0.05) is 29.6 Å². The van der Waals surface area contributed by atoms with Crippen molar-refractivity contribution in [3.8, 4) is 0 Å². The Kier molecular flexibility index (Phi) is 5.22. The molecule has 1 amide bonds. The quantitative estimate of drug-likeness (QED) is 0.506. The standard InChI is InChI=1S/C15H14N2O3S/c18-15(16-10-9-14-2-1-11-21-14)8-5-12-3-6-13(7-4-12)17(19)20/h1-8,11H,9-10H2,(H,16,18)/b8-5+. The van der Waals surface area contributed by atoms with E-state index in [1.807, 2.05) is 17.5 Å². The number of benzene rings is 1. The number of nitro groups is 1. The molecule has 0 unspecified atom stereocenters. The molecular weight excluding hydrogens is 288 g/mol. The van der Waals surface area contributed by atoms with E-state index in [1.165, 1.54) is 23.1 Å². The van der Waals surface area contributed by atoms with Gasteiger partial charge in [-0.2, -0.15) is 0 Å². The zero-order valence-electron chi connectivity index (χ0n) is 11.2. The van der Waals surface area contributed by atoms with Crippen molar-refractivity contribution in [3.05, 3.63) is 68.4 Å². The number of carbonyl (C=O) groups is 1. The van der Waals surface area contributed by atoms with E-state index in [0.717, 1.165) is 12.0 Å². The third-order valence-electron chi connectivity index (χ3n) is 2.78. The number of rotatable bonds is 6. The maximum Gasteiger partial charge on any atom is 0.269 e. The molecule has 0 saturated heterocycles. The first kappa shape index (κ1) is 14.9. The van der Waals surface area contributed by atoms with Crippen molar-refractivity contribution >= 4 is 29.0 Å². The Bertz CT molecular complexity index is 633. The summed E-state index contributed by atoms with van der Waals surface area (Å²) in [4.78, 5) is 22.9. The molecule has 2 rings (SSSR count). The molecular formula is C15H14N2O3S. The molecule has 2 aromatic rings. The number of nitrogens with zero attached hydrogens (tertiary/aromatic N) is 1. The van der Waals surface area contributed by atoms with Crippen molar-refractivity contribution in [1.29, 1.82) is 0 Å². The molecule has 0 aliphatic rings. The summed E-state index contributed by atoms with van der Waals surface area (Å²) in [5.41, 5.74) is 0.779. The molecule has 108 valence electrons. The van der Waals surface area contributed by atoms with Crippen LogP contribution < -0.4 is 5.32 Å². The maximum atomic E-state index is 11.6. The number of nitro benzene ring substituents is 1. The molecule has 1 aromatic carbocycles. The number of thiophene rings is 1. The Morgan fingerprint density at radius 3 is 2.67 bits per heavy atom. The monoisotopic (exact) mass is 302 g/mol. The van der Waals surface area contributed by atoms with Crippen LogP contribution in [0.3, 0.4) is 0 Å². The fraction of sp³-hybridized carbons (Fsp3) is 0.133. The zero-order valence-corrected chi connectivity index (χ0v) is 12.0. The fourth-order valence-corrected chi connectivity index (χ4v) is 2.41. The average Bonchev–Trinajstić information content (AvgIpc) is 2.99. The van der Waals surface area contributed by atoms with Crippen LogP contribution in [0, 0.1) is 10.1 Å². The molecule has 0 aliphatic carbocycles. The molecule has 0 saturated carbocycles. The van der Waals surface area contributed by atoms with Gasteiger partial charge in [-0.15, -0.1) is 11.3 Å². The van der Waals surface area contributed by atoms with Gasteiger partial charge >= 0.3 is 0 Å². The van der Waals surface area contributed by atoms with Gasteiger partial charge in [-0.25, -0.2) is 0 Å². The Balaban J connectivity index is 1.80. The summed E-state index contributed by atoms with van der Waals surface area (Å²) >= 11 is 1.66. The van der Waals surface area contributed by atoms with Crippen LogP contribution in [0.15, 0.2) is 47.9 Å². The lowest BCUT2D eigenvalue weighted by atomic mass is 10.2. The van der Waals surface area contributed by atoms with Crippen LogP contribution in [0.1, 0.15) is 10.4 Å². The van der Waals surface area contributed by atoms with Gasteiger partial charge in [0.05, 0.1) is 4.92 Å². The smallest absolute Gasteiger partial charge is 0.269 e. The van der Waals surface area contributed by atoms with Crippen LogP contribution in [-0.2, 0) is 11.2 Å². The zero-order chi connectivity index (χ0) is 15.1. The molecule has 0 radical (unpaired) electrons. The predicted molar refractivity (Wildman–Crippen MR) is 83.2 cm³/mol. The summed E-state index contributed by atoms with van der Waals surface area (Å²) in [6.07, 6.45) is 3.87. The molecule has 1 N–H and O–H groups in total. The normalized spacial score (nSPS) is 10.7. The van der Waals surface area contributed by atoms with E-state index in [1.54, 1.807) is 29.5 Å². The second-order valence-corrected chi connectivity index (χ2v) is 5.33. The predicted octanol–water partition coefficient (Wildman–Crippen LogP) is 3.03. The van der Waals surface area contributed by atoms with Crippen molar-refractivity contribution in [2.24, 2.45) is 0 Å². The van der Waals surface area contributed by atoms with E-state index < -0.39 is 4.92 Å². The second kappa shape index (κ2) is 7.35. The Labute approximate surface area is 126 Å².